The summed E-state index contributed by atoms with van der Waals surface area (Å²) in [6, 6.07) is 8.22. The summed E-state index contributed by atoms with van der Waals surface area (Å²) in [5, 5.41) is 21.1. The van der Waals surface area contributed by atoms with Crippen LogP contribution in [0.1, 0.15) is 24.0 Å². The molecule has 7 heteroatoms. The molecular formula is C20H29N3O3S. The molecule has 0 radical (unpaired) electrons. The Kier molecular flexibility index (Phi) is 6.93. The third kappa shape index (κ3) is 5.34. The molecule has 1 aromatic heterocycles. The zero-order valence-corrected chi connectivity index (χ0v) is 16.9. The molecule has 1 unspecified atom stereocenters. The van der Waals surface area contributed by atoms with Crippen molar-refractivity contribution in [1.29, 1.82) is 0 Å². The summed E-state index contributed by atoms with van der Waals surface area (Å²) in [6.07, 6.45) is 1.01. The molecule has 1 saturated heterocycles. The van der Waals surface area contributed by atoms with Crippen LogP contribution >= 0.6 is 11.3 Å². The van der Waals surface area contributed by atoms with Gasteiger partial charge in [0.15, 0.2) is 5.06 Å². The first-order chi connectivity index (χ1) is 13.1. The number of ether oxygens (including phenoxy) is 1. The Morgan fingerprint density at radius 2 is 1.96 bits per heavy atom. The fourth-order valence-corrected chi connectivity index (χ4v) is 4.19. The molecule has 6 nitrogen and oxygen atoms in total. The Morgan fingerprint density at radius 3 is 2.63 bits per heavy atom. The maximum absolute atomic E-state index is 10.4. The van der Waals surface area contributed by atoms with Gasteiger partial charge in [0.25, 0.3) is 0 Å². The lowest BCUT2D eigenvalue weighted by Gasteiger charge is -2.37. The Bertz CT molecular complexity index is 710. The van der Waals surface area contributed by atoms with Gasteiger partial charge < -0.3 is 19.8 Å². The third-order valence-electron chi connectivity index (χ3n) is 4.74. The van der Waals surface area contributed by atoms with Crippen LogP contribution in [0.15, 0.2) is 24.3 Å². The summed E-state index contributed by atoms with van der Waals surface area (Å²) < 4.78 is 5.89. The second kappa shape index (κ2) is 9.39. The van der Waals surface area contributed by atoms with Gasteiger partial charge in [0.1, 0.15) is 5.75 Å². The summed E-state index contributed by atoms with van der Waals surface area (Å²) in [7, 11) is 0. The van der Waals surface area contributed by atoms with Crippen LogP contribution in [-0.4, -0.2) is 65.5 Å². The van der Waals surface area contributed by atoms with Gasteiger partial charge in [-0.3, -0.25) is 4.90 Å². The summed E-state index contributed by atoms with van der Waals surface area (Å²) in [6.45, 7) is 8.88. The molecule has 0 spiro atoms. The predicted octanol–water partition coefficient (Wildman–Crippen LogP) is 2.67. The number of benzene rings is 1. The summed E-state index contributed by atoms with van der Waals surface area (Å²) in [5.74, 6) is 0.951. The van der Waals surface area contributed by atoms with Gasteiger partial charge in [-0.25, -0.2) is 4.98 Å². The number of aliphatic hydroxyl groups excluding tert-OH is 1. The Labute approximate surface area is 165 Å². The van der Waals surface area contributed by atoms with Crippen molar-refractivity contribution in [2.24, 2.45) is 0 Å². The van der Waals surface area contributed by atoms with Crippen LogP contribution in [0.5, 0.6) is 10.8 Å². The van der Waals surface area contributed by atoms with E-state index < -0.39 is 6.10 Å². The summed E-state index contributed by atoms with van der Waals surface area (Å²) >= 11 is 1.25. The van der Waals surface area contributed by atoms with Gasteiger partial charge in [-0.15, -0.1) is 0 Å². The zero-order chi connectivity index (χ0) is 19.2. The van der Waals surface area contributed by atoms with E-state index in [-0.39, 0.29) is 5.06 Å². The minimum atomic E-state index is -0.471. The van der Waals surface area contributed by atoms with Gasteiger partial charge in [0, 0.05) is 39.1 Å². The van der Waals surface area contributed by atoms with Gasteiger partial charge in [-0.2, -0.15) is 0 Å². The minimum absolute atomic E-state index is 0.245. The van der Waals surface area contributed by atoms with Crippen LogP contribution in [0.4, 0.5) is 5.69 Å². The number of para-hydroxylation sites is 2. The number of β-amino-alcohol motifs (C(OH)–C–C–N with tert-alkyl or cyclic N) is 1. The topological polar surface area (TPSA) is 69.1 Å². The van der Waals surface area contributed by atoms with E-state index in [1.807, 2.05) is 12.1 Å². The highest BCUT2D eigenvalue weighted by molar-refractivity contribution is 7.13. The van der Waals surface area contributed by atoms with Gasteiger partial charge in [-0.05, 0) is 25.5 Å². The van der Waals surface area contributed by atoms with Gasteiger partial charge in [-0.1, -0.05) is 30.4 Å². The van der Waals surface area contributed by atoms with Crippen molar-refractivity contribution in [3.63, 3.8) is 0 Å². The molecule has 1 fully saturated rings. The van der Waals surface area contributed by atoms with E-state index in [1.165, 1.54) is 11.3 Å². The first-order valence-corrected chi connectivity index (χ1v) is 10.4. The van der Waals surface area contributed by atoms with Crippen molar-refractivity contribution in [1.82, 2.24) is 9.88 Å². The lowest BCUT2D eigenvalue weighted by molar-refractivity contribution is 0.109. The molecule has 1 aromatic carbocycles. The maximum Gasteiger partial charge on any atom is 0.194 e. The molecule has 1 aliphatic rings. The van der Waals surface area contributed by atoms with Gasteiger partial charge >= 0.3 is 0 Å². The van der Waals surface area contributed by atoms with Gasteiger partial charge in [0.2, 0.25) is 0 Å². The van der Waals surface area contributed by atoms with Crippen molar-refractivity contribution in [3.8, 4) is 10.8 Å². The fraction of sp³-hybridized carbons (Fsp3) is 0.550. The quantitative estimate of drug-likeness (QED) is 0.721. The SMILES string of the molecule is CCCOc1ccccc1N1CCN(CC(O)Cc2nc(C)c(O)s2)CC1. The summed E-state index contributed by atoms with van der Waals surface area (Å²) in [4.78, 5) is 8.94. The molecule has 2 N–H and O–H groups in total. The van der Waals surface area contributed by atoms with Crippen LogP contribution < -0.4 is 9.64 Å². The lowest BCUT2D eigenvalue weighted by atomic mass is 10.2. The van der Waals surface area contributed by atoms with Crippen LogP contribution in [0.3, 0.4) is 0 Å². The number of rotatable bonds is 8. The molecule has 0 saturated carbocycles. The van der Waals surface area contributed by atoms with Crippen molar-refractivity contribution >= 4 is 17.0 Å². The second-order valence-corrected chi connectivity index (χ2v) is 8.02. The fourth-order valence-electron chi connectivity index (χ4n) is 3.32. The van der Waals surface area contributed by atoms with E-state index in [0.717, 1.165) is 55.7 Å². The standard InChI is InChI=1S/C20H29N3O3S/c1-3-12-26-18-7-5-4-6-17(18)23-10-8-22(9-11-23)14-16(24)13-19-21-15(2)20(25)27-19/h4-7,16,24-25H,3,8-14H2,1-2H3. The molecule has 27 heavy (non-hydrogen) atoms. The number of nitrogens with zero attached hydrogens (tertiary/aromatic N) is 3. The Balaban J connectivity index is 1.50. The molecular weight excluding hydrogens is 362 g/mol. The largest absolute Gasteiger partial charge is 0.498 e. The molecule has 0 amide bonds. The van der Waals surface area contributed by atoms with E-state index in [4.69, 9.17) is 4.74 Å². The van der Waals surface area contributed by atoms with Crippen LogP contribution in [0, 0.1) is 6.92 Å². The van der Waals surface area contributed by atoms with E-state index in [1.54, 1.807) is 6.92 Å². The van der Waals surface area contributed by atoms with Crippen LogP contribution in [0.2, 0.25) is 0 Å². The number of aromatic nitrogens is 1. The molecule has 1 aliphatic heterocycles. The molecule has 0 bridgehead atoms. The Hall–Kier alpha value is -1.83. The second-order valence-electron chi connectivity index (χ2n) is 6.96. The molecule has 2 heterocycles. The first-order valence-electron chi connectivity index (χ1n) is 9.59. The molecule has 148 valence electrons. The Morgan fingerprint density at radius 1 is 1.22 bits per heavy atom. The number of piperazine rings is 1. The van der Waals surface area contributed by atoms with Crippen molar-refractivity contribution < 1.29 is 14.9 Å². The zero-order valence-electron chi connectivity index (χ0n) is 16.1. The van der Waals surface area contributed by atoms with E-state index in [2.05, 4.69) is 33.8 Å². The number of anilines is 1. The summed E-state index contributed by atoms with van der Waals surface area (Å²) in [5.41, 5.74) is 1.79. The molecule has 3 rings (SSSR count). The average Bonchev–Trinajstić information content (AvgIpc) is 2.98. The van der Waals surface area contributed by atoms with Crippen LogP contribution in [0.25, 0.3) is 0 Å². The monoisotopic (exact) mass is 391 g/mol. The number of aromatic hydroxyl groups is 1. The number of aryl methyl sites for hydroxylation is 1. The number of aliphatic hydroxyl groups is 1. The number of thiazole rings is 1. The third-order valence-corrected chi connectivity index (χ3v) is 5.72. The van der Waals surface area contributed by atoms with Crippen molar-refractivity contribution in [2.75, 3.05) is 44.2 Å². The maximum atomic E-state index is 10.4. The van der Waals surface area contributed by atoms with E-state index in [9.17, 15) is 10.2 Å². The van der Waals surface area contributed by atoms with Crippen molar-refractivity contribution in [3.05, 3.63) is 35.0 Å². The molecule has 1 atom stereocenters. The first kappa shape index (κ1) is 19.9. The minimum Gasteiger partial charge on any atom is -0.498 e. The van der Waals surface area contributed by atoms with Crippen molar-refractivity contribution in [2.45, 2.75) is 32.8 Å². The normalized spacial score (nSPS) is 16.5. The highest BCUT2D eigenvalue weighted by atomic mass is 32.1. The average molecular weight is 392 g/mol. The van der Waals surface area contributed by atoms with Crippen LogP contribution in [-0.2, 0) is 6.42 Å². The predicted molar refractivity (Wildman–Crippen MR) is 109 cm³/mol. The lowest BCUT2D eigenvalue weighted by Crippen LogP contribution is -2.49. The molecule has 2 aromatic rings. The van der Waals surface area contributed by atoms with Gasteiger partial charge in [0.05, 0.1) is 29.1 Å². The number of hydrogen-bond donors (Lipinski definition) is 2. The van der Waals surface area contributed by atoms with E-state index >= 15 is 0 Å². The number of hydrogen-bond acceptors (Lipinski definition) is 7. The van der Waals surface area contributed by atoms with E-state index in [0.29, 0.717) is 18.7 Å². The smallest absolute Gasteiger partial charge is 0.194 e. The highest BCUT2D eigenvalue weighted by Crippen LogP contribution is 2.29. The highest BCUT2D eigenvalue weighted by Gasteiger charge is 2.22. The molecule has 0 aliphatic carbocycles.